The van der Waals surface area contributed by atoms with Crippen molar-refractivity contribution in [2.45, 2.75) is 13.5 Å². The SMILES string of the molecule is CCOc1c(I)cc(/C=N\NC(=O)Cn2nnc(-c3ccccc3)n2)cc1OC. The Kier molecular flexibility index (Phi) is 7.11. The van der Waals surface area contributed by atoms with Crippen LogP contribution in [0.1, 0.15) is 12.5 Å². The van der Waals surface area contributed by atoms with Gasteiger partial charge in [-0.3, -0.25) is 4.79 Å². The van der Waals surface area contributed by atoms with Crippen LogP contribution in [0.2, 0.25) is 0 Å². The van der Waals surface area contributed by atoms with Crippen molar-refractivity contribution >= 4 is 34.7 Å². The van der Waals surface area contributed by atoms with Crippen LogP contribution < -0.4 is 14.9 Å². The zero-order valence-electron chi connectivity index (χ0n) is 15.9. The number of carbonyl (C=O) groups excluding carboxylic acids is 1. The molecule has 0 aliphatic heterocycles. The second-order valence-corrected chi connectivity index (χ2v) is 6.93. The molecule has 1 amide bonds. The van der Waals surface area contributed by atoms with E-state index >= 15 is 0 Å². The first-order valence-electron chi connectivity index (χ1n) is 8.76. The standard InChI is InChI=1S/C19H19IN6O3/c1-3-29-18-15(20)9-13(10-16(18)28-2)11-21-22-17(27)12-26-24-19(23-25-26)14-7-5-4-6-8-14/h4-11H,3,12H2,1-2H3,(H,22,27)/b21-11-. The first-order chi connectivity index (χ1) is 14.1. The third kappa shape index (κ3) is 5.50. The number of nitrogens with zero attached hydrogens (tertiary/aromatic N) is 5. The van der Waals surface area contributed by atoms with Gasteiger partial charge in [-0.2, -0.15) is 9.90 Å². The third-order valence-corrected chi connectivity index (χ3v) is 4.51. The number of benzene rings is 2. The van der Waals surface area contributed by atoms with Crippen LogP contribution in [0.5, 0.6) is 11.5 Å². The fourth-order valence-corrected chi connectivity index (χ4v) is 3.24. The molecule has 1 aromatic heterocycles. The summed E-state index contributed by atoms with van der Waals surface area (Å²) in [6.45, 7) is 2.35. The molecule has 0 bridgehead atoms. The van der Waals surface area contributed by atoms with Gasteiger partial charge in [-0.25, -0.2) is 5.43 Å². The fourth-order valence-electron chi connectivity index (χ4n) is 2.45. The molecule has 0 aliphatic carbocycles. The summed E-state index contributed by atoms with van der Waals surface area (Å²) in [5.74, 6) is 1.37. The van der Waals surface area contributed by atoms with Crippen molar-refractivity contribution in [3.63, 3.8) is 0 Å². The first-order valence-corrected chi connectivity index (χ1v) is 9.84. The second-order valence-electron chi connectivity index (χ2n) is 5.77. The minimum atomic E-state index is -0.370. The largest absolute Gasteiger partial charge is 0.493 e. The Morgan fingerprint density at radius 2 is 2.10 bits per heavy atom. The number of methoxy groups -OCH3 is 1. The number of hydrogen-bond acceptors (Lipinski definition) is 7. The van der Waals surface area contributed by atoms with E-state index in [9.17, 15) is 4.79 Å². The van der Waals surface area contributed by atoms with Crippen molar-refractivity contribution in [1.29, 1.82) is 0 Å². The average molecular weight is 506 g/mol. The van der Waals surface area contributed by atoms with Crippen LogP contribution in [0.25, 0.3) is 11.4 Å². The van der Waals surface area contributed by atoms with Gasteiger partial charge in [-0.05, 0) is 52.4 Å². The number of hydrogen-bond donors (Lipinski definition) is 1. The Hall–Kier alpha value is -3.02. The quantitative estimate of drug-likeness (QED) is 0.286. The van der Waals surface area contributed by atoms with Crippen LogP contribution >= 0.6 is 22.6 Å². The third-order valence-electron chi connectivity index (χ3n) is 3.71. The van der Waals surface area contributed by atoms with Crippen molar-refractivity contribution in [2.24, 2.45) is 5.10 Å². The smallest absolute Gasteiger partial charge is 0.263 e. The summed E-state index contributed by atoms with van der Waals surface area (Å²) in [6.07, 6.45) is 1.53. The highest BCUT2D eigenvalue weighted by Crippen LogP contribution is 2.33. The van der Waals surface area contributed by atoms with Gasteiger partial charge in [0.05, 0.1) is 23.5 Å². The van der Waals surface area contributed by atoms with E-state index in [-0.39, 0.29) is 12.5 Å². The lowest BCUT2D eigenvalue weighted by Gasteiger charge is -2.12. The van der Waals surface area contributed by atoms with Crippen molar-refractivity contribution in [1.82, 2.24) is 25.6 Å². The Balaban J connectivity index is 1.60. The molecule has 0 spiro atoms. The van der Waals surface area contributed by atoms with Gasteiger partial charge in [0.1, 0.15) is 6.54 Å². The zero-order chi connectivity index (χ0) is 20.6. The maximum Gasteiger partial charge on any atom is 0.263 e. The summed E-state index contributed by atoms with van der Waals surface area (Å²) < 4.78 is 11.8. The van der Waals surface area contributed by atoms with Crippen LogP contribution in [0.15, 0.2) is 47.6 Å². The second kappa shape index (κ2) is 9.96. The lowest BCUT2D eigenvalue weighted by molar-refractivity contribution is -0.122. The molecule has 9 nitrogen and oxygen atoms in total. The molecule has 29 heavy (non-hydrogen) atoms. The summed E-state index contributed by atoms with van der Waals surface area (Å²) in [5.41, 5.74) is 4.05. The van der Waals surface area contributed by atoms with Gasteiger partial charge in [0, 0.05) is 5.56 Å². The fraction of sp³-hybridized carbons (Fsp3) is 0.211. The summed E-state index contributed by atoms with van der Waals surface area (Å²) in [6, 6.07) is 13.1. The molecule has 3 aromatic rings. The van der Waals surface area contributed by atoms with E-state index in [1.807, 2.05) is 43.3 Å². The number of aromatic nitrogens is 4. The Morgan fingerprint density at radius 1 is 1.31 bits per heavy atom. The van der Waals surface area contributed by atoms with E-state index in [0.29, 0.717) is 23.9 Å². The minimum Gasteiger partial charge on any atom is -0.493 e. The molecule has 150 valence electrons. The van der Waals surface area contributed by atoms with Gasteiger partial charge in [0.25, 0.3) is 5.91 Å². The summed E-state index contributed by atoms with van der Waals surface area (Å²) in [4.78, 5) is 13.3. The molecule has 2 aromatic carbocycles. The van der Waals surface area contributed by atoms with E-state index in [0.717, 1.165) is 14.7 Å². The van der Waals surface area contributed by atoms with Crippen molar-refractivity contribution in [3.8, 4) is 22.9 Å². The first kappa shape index (κ1) is 20.7. The maximum atomic E-state index is 12.1. The Morgan fingerprint density at radius 3 is 2.83 bits per heavy atom. The van der Waals surface area contributed by atoms with Gasteiger partial charge in [-0.1, -0.05) is 30.3 Å². The summed E-state index contributed by atoms with van der Waals surface area (Å²) >= 11 is 2.16. The van der Waals surface area contributed by atoms with Gasteiger partial charge >= 0.3 is 0 Å². The molecule has 1 N–H and O–H groups in total. The van der Waals surface area contributed by atoms with E-state index < -0.39 is 0 Å². The number of amides is 1. The minimum absolute atomic E-state index is 0.0959. The molecule has 3 rings (SSSR count). The molecule has 0 fully saturated rings. The highest BCUT2D eigenvalue weighted by molar-refractivity contribution is 14.1. The molecule has 0 atom stereocenters. The predicted octanol–water partition coefficient (Wildman–Crippen LogP) is 2.50. The van der Waals surface area contributed by atoms with E-state index in [1.54, 1.807) is 13.2 Å². The molecule has 0 saturated carbocycles. The lowest BCUT2D eigenvalue weighted by atomic mass is 10.2. The molecule has 0 unspecified atom stereocenters. The van der Waals surface area contributed by atoms with E-state index in [4.69, 9.17) is 9.47 Å². The Bertz CT molecular complexity index is 1010. The van der Waals surface area contributed by atoms with Crippen LogP contribution in [-0.2, 0) is 11.3 Å². The molecular formula is C19H19IN6O3. The van der Waals surface area contributed by atoms with Crippen molar-refractivity contribution in [3.05, 3.63) is 51.6 Å². The normalized spacial score (nSPS) is 10.9. The molecule has 10 heteroatoms. The van der Waals surface area contributed by atoms with Gasteiger partial charge in [0.15, 0.2) is 11.5 Å². The zero-order valence-corrected chi connectivity index (χ0v) is 18.0. The molecule has 0 radical (unpaired) electrons. The summed E-state index contributed by atoms with van der Waals surface area (Å²) in [7, 11) is 1.57. The van der Waals surface area contributed by atoms with Gasteiger partial charge in [-0.15, -0.1) is 10.2 Å². The molecule has 1 heterocycles. The molecule has 0 saturated heterocycles. The number of halogens is 1. The highest BCUT2D eigenvalue weighted by Gasteiger charge is 2.11. The van der Waals surface area contributed by atoms with Crippen LogP contribution in [0.3, 0.4) is 0 Å². The number of rotatable bonds is 8. The number of ether oxygens (including phenoxy) is 2. The number of hydrazone groups is 1. The van der Waals surface area contributed by atoms with Crippen LogP contribution in [0, 0.1) is 3.57 Å². The summed E-state index contributed by atoms with van der Waals surface area (Å²) in [5, 5.41) is 16.0. The molecular weight excluding hydrogens is 487 g/mol. The maximum absolute atomic E-state index is 12.1. The number of carbonyl (C=O) groups is 1. The van der Waals surface area contributed by atoms with Crippen LogP contribution in [0.4, 0.5) is 0 Å². The van der Waals surface area contributed by atoms with Gasteiger partial charge < -0.3 is 9.47 Å². The Labute approximate surface area is 181 Å². The number of tetrazole rings is 1. The monoisotopic (exact) mass is 506 g/mol. The predicted molar refractivity (Wildman–Crippen MR) is 116 cm³/mol. The van der Waals surface area contributed by atoms with Crippen molar-refractivity contribution in [2.75, 3.05) is 13.7 Å². The van der Waals surface area contributed by atoms with E-state index in [1.165, 1.54) is 11.0 Å². The number of nitrogens with one attached hydrogen (secondary N) is 1. The molecule has 0 aliphatic rings. The highest BCUT2D eigenvalue weighted by atomic mass is 127. The van der Waals surface area contributed by atoms with Crippen molar-refractivity contribution < 1.29 is 14.3 Å². The topological polar surface area (TPSA) is 104 Å². The van der Waals surface area contributed by atoms with Crippen LogP contribution in [-0.4, -0.2) is 46.0 Å². The van der Waals surface area contributed by atoms with Gasteiger partial charge in [0.2, 0.25) is 5.82 Å². The van der Waals surface area contributed by atoms with E-state index in [2.05, 4.69) is 48.5 Å². The lowest BCUT2D eigenvalue weighted by Crippen LogP contribution is -2.24. The average Bonchev–Trinajstić information content (AvgIpc) is 3.19.